The lowest BCUT2D eigenvalue weighted by Crippen LogP contribution is -2.29. The van der Waals surface area contributed by atoms with Gasteiger partial charge < -0.3 is 10.6 Å². The van der Waals surface area contributed by atoms with Crippen molar-refractivity contribution < 1.29 is 4.79 Å². The Bertz CT molecular complexity index is 1290. The Hall–Kier alpha value is -3.16. The highest BCUT2D eigenvalue weighted by Crippen LogP contribution is 2.30. The van der Waals surface area contributed by atoms with Gasteiger partial charge in [0.05, 0.1) is 16.4 Å². The lowest BCUT2D eigenvalue weighted by molar-refractivity contribution is -0.117. The summed E-state index contributed by atoms with van der Waals surface area (Å²) < 4.78 is 2.50. The zero-order chi connectivity index (χ0) is 22.5. The summed E-state index contributed by atoms with van der Waals surface area (Å²) in [6, 6.07) is 19.2. The zero-order valence-electron chi connectivity index (χ0n) is 17.3. The van der Waals surface area contributed by atoms with Crippen LogP contribution in [0.5, 0.6) is 0 Å². The number of aromatic nitrogens is 3. The van der Waals surface area contributed by atoms with Crippen molar-refractivity contribution in [3.63, 3.8) is 0 Å². The maximum Gasteiger partial charge on any atom is 0.246 e. The molecule has 0 fully saturated rings. The Balaban J connectivity index is 1.46. The van der Waals surface area contributed by atoms with Crippen molar-refractivity contribution in [3.8, 4) is 11.3 Å². The molecular weight excluding hydrogens is 490 g/mol. The molecule has 0 saturated carbocycles. The minimum absolute atomic E-state index is 0.103. The van der Waals surface area contributed by atoms with Crippen LogP contribution in [0.15, 0.2) is 76.9 Å². The predicted molar refractivity (Wildman–Crippen MR) is 133 cm³/mol. The van der Waals surface area contributed by atoms with E-state index in [-0.39, 0.29) is 5.91 Å². The van der Waals surface area contributed by atoms with Gasteiger partial charge in [-0.05, 0) is 40.6 Å². The lowest BCUT2D eigenvalue weighted by Gasteiger charge is -2.12. The number of nitrogens with one attached hydrogen (secondary N) is 2. The molecule has 0 saturated heterocycles. The summed E-state index contributed by atoms with van der Waals surface area (Å²) in [6.07, 6.45) is 3.57. The van der Waals surface area contributed by atoms with Gasteiger partial charge in [0.15, 0.2) is 5.65 Å². The van der Waals surface area contributed by atoms with E-state index in [2.05, 4.69) is 31.7 Å². The van der Waals surface area contributed by atoms with E-state index < -0.39 is 0 Å². The first kappa shape index (κ1) is 22.0. The van der Waals surface area contributed by atoms with Crippen LogP contribution in [-0.2, 0) is 4.79 Å². The molecule has 6 nitrogen and oxygen atoms in total. The number of fused-ring (bicyclic) bond motifs is 1. The van der Waals surface area contributed by atoms with Crippen LogP contribution in [0.25, 0.3) is 23.0 Å². The highest BCUT2D eigenvalue weighted by molar-refractivity contribution is 9.10. The van der Waals surface area contributed by atoms with Gasteiger partial charge in [0.25, 0.3) is 0 Å². The second-order valence-corrected chi connectivity index (χ2v) is 8.42. The fourth-order valence-corrected chi connectivity index (χ4v) is 3.82. The molecule has 2 N–H and O–H groups in total. The van der Waals surface area contributed by atoms with E-state index in [1.807, 2.05) is 66.7 Å². The molecule has 2 aromatic heterocycles. The Morgan fingerprint density at radius 1 is 1.12 bits per heavy atom. The fraction of sp³-hybridized carbons (Fsp3) is 0.125. The Kier molecular flexibility index (Phi) is 6.87. The van der Waals surface area contributed by atoms with E-state index in [0.717, 1.165) is 27.1 Å². The molecular formula is C24H21BrClN5O. The first-order chi connectivity index (χ1) is 15.5. The standard InChI is InChI=1S/C24H21BrClN5O/c1-16(13-17-7-3-2-4-8-17)24(32)28-12-11-27-22-14-21(18-9-5-6-10-20(18)26)30-23-19(25)15-29-31(22)23/h2-10,13-15,27H,11-12H2,1H3,(H,28,32)/b16-13+. The van der Waals surface area contributed by atoms with Crippen LogP contribution in [0, 0.1) is 0 Å². The normalized spacial score (nSPS) is 11.5. The van der Waals surface area contributed by atoms with E-state index in [9.17, 15) is 4.79 Å². The summed E-state index contributed by atoms with van der Waals surface area (Å²) in [5, 5.41) is 11.3. The third-order valence-corrected chi connectivity index (χ3v) is 5.73. The van der Waals surface area contributed by atoms with Gasteiger partial charge in [-0.15, -0.1) is 0 Å². The Labute approximate surface area is 199 Å². The maximum absolute atomic E-state index is 12.4. The van der Waals surface area contributed by atoms with Gasteiger partial charge in [-0.2, -0.15) is 9.61 Å². The average molecular weight is 511 g/mol. The largest absolute Gasteiger partial charge is 0.368 e. The van der Waals surface area contributed by atoms with Crippen LogP contribution in [0.3, 0.4) is 0 Å². The van der Waals surface area contributed by atoms with Crippen molar-refractivity contribution in [2.24, 2.45) is 0 Å². The predicted octanol–water partition coefficient (Wildman–Crippen LogP) is 5.44. The Morgan fingerprint density at radius 3 is 2.66 bits per heavy atom. The summed E-state index contributed by atoms with van der Waals surface area (Å²) in [4.78, 5) is 17.1. The molecule has 32 heavy (non-hydrogen) atoms. The number of amides is 1. The second kappa shape index (κ2) is 9.97. The van der Waals surface area contributed by atoms with Crippen LogP contribution >= 0.6 is 27.5 Å². The number of nitrogens with zero attached hydrogens (tertiary/aromatic N) is 3. The number of halogens is 2. The smallest absolute Gasteiger partial charge is 0.246 e. The minimum atomic E-state index is -0.103. The summed E-state index contributed by atoms with van der Waals surface area (Å²) >= 11 is 9.88. The monoisotopic (exact) mass is 509 g/mol. The molecule has 0 unspecified atom stereocenters. The van der Waals surface area contributed by atoms with Gasteiger partial charge in [-0.1, -0.05) is 60.1 Å². The van der Waals surface area contributed by atoms with Crippen LogP contribution in [-0.4, -0.2) is 33.6 Å². The number of anilines is 1. The van der Waals surface area contributed by atoms with Crippen LogP contribution in [0.2, 0.25) is 5.02 Å². The van der Waals surface area contributed by atoms with Crippen molar-refractivity contribution >= 4 is 51.0 Å². The van der Waals surface area contributed by atoms with Crippen molar-refractivity contribution in [1.82, 2.24) is 19.9 Å². The molecule has 0 spiro atoms. The molecule has 2 aromatic carbocycles. The fourth-order valence-electron chi connectivity index (χ4n) is 3.24. The first-order valence-corrected chi connectivity index (χ1v) is 11.2. The molecule has 2 heterocycles. The van der Waals surface area contributed by atoms with Gasteiger partial charge >= 0.3 is 0 Å². The SMILES string of the molecule is C/C(=C\c1ccccc1)C(=O)NCCNc1cc(-c2ccccc2Cl)nc2c(Br)cnn12. The van der Waals surface area contributed by atoms with Gasteiger partial charge in [0.1, 0.15) is 5.82 Å². The van der Waals surface area contributed by atoms with Gasteiger partial charge in [0.2, 0.25) is 5.91 Å². The minimum Gasteiger partial charge on any atom is -0.368 e. The lowest BCUT2D eigenvalue weighted by atomic mass is 10.1. The van der Waals surface area contributed by atoms with E-state index >= 15 is 0 Å². The topological polar surface area (TPSA) is 71.3 Å². The van der Waals surface area contributed by atoms with Crippen LogP contribution in [0.4, 0.5) is 5.82 Å². The molecule has 1 amide bonds. The molecule has 8 heteroatoms. The molecule has 0 aliphatic rings. The Morgan fingerprint density at radius 2 is 1.88 bits per heavy atom. The van der Waals surface area contributed by atoms with E-state index in [1.165, 1.54) is 0 Å². The third kappa shape index (κ3) is 5.00. The first-order valence-electron chi connectivity index (χ1n) is 10.1. The number of carbonyl (C=O) groups is 1. The number of rotatable bonds is 7. The molecule has 4 rings (SSSR count). The van der Waals surface area contributed by atoms with Gasteiger partial charge in [-0.3, -0.25) is 4.79 Å². The second-order valence-electron chi connectivity index (χ2n) is 7.16. The number of benzene rings is 2. The average Bonchev–Trinajstić information content (AvgIpc) is 3.18. The number of hydrogen-bond acceptors (Lipinski definition) is 4. The quantitative estimate of drug-likeness (QED) is 0.256. The molecule has 162 valence electrons. The summed E-state index contributed by atoms with van der Waals surface area (Å²) in [7, 11) is 0. The maximum atomic E-state index is 12.4. The van der Waals surface area contributed by atoms with Gasteiger partial charge in [0, 0.05) is 35.3 Å². The zero-order valence-corrected chi connectivity index (χ0v) is 19.7. The molecule has 0 radical (unpaired) electrons. The van der Waals surface area contributed by atoms with Crippen molar-refractivity contribution in [2.75, 3.05) is 18.4 Å². The van der Waals surface area contributed by atoms with E-state index in [0.29, 0.717) is 29.3 Å². The third-order valence-electron chi connectivity index (χ3n) is 4.84. The molecule has 0 aliphatic heterocycles. The van der Waals surface area contributed by atoms with Crippen LogP contribution in [0.1, 0.15) is 12.5 Å². The molecule has 4 aromatic rings. The van der Waals surface area contributed by atoms with E-state index in [4.69, 9.17) is 16.6 Å². The van der Waals surface area contributed by atoms with E-state index in [1.54, 1.807) is 17.6 Å². The number of hydrogen-bond donors (Lipinski definition) is 2. The highest BCUT2D eigenvalue weighted by atomic mass is 79.9. The van der Waals surface area contributed by atoms with Gasteiger partial charge in [-0.25, -0.2) is 4.98 Å². The summed E-state index contributed by atoms with van der Waals surface area (Å²) in [6.45, 7) is 2.77. The highest BCUT2D eigenvalue weighted by Gasteiger charge is 2.13. The summed E-state index contributed by atoms with van der Waals surface area (Å²) in [5.41, 5.74) is 3.89. The van der Waals surface area contributed by atoms with Crippen molar-refractivity contribution in [1.29, 1.82) is 0 Å². The van der Waals surface area contributed by atoms with Crippen molar-refractivity contribution in [2.45, 2.75) is 6.92 Å². The molecule has 0 atom stereocenters. The number of carbonyl (C=O) groups excluding carboxylic acids is 1. The summed E-state index contributed by atoms with van der Waals surface area (Å²) in [5.74, 6) is 0.649. The molecule has 0 aliphatic carbocycles. The van der Waals surface area contributed by atoms with Crippen LogP contribution < -0.4 is 10.6 Å². The van der Waals surface area contributed by atoms with Crippen molar-refractivity contribution in [3.05, 3.63) is 87.5 Å². The molecule has 0 bridgehead atoms.